The highest BCUT2D eigenvalue weighted by molar-refractivity contribution is 6.42. The summed E-state index contributed by atoms with van der Waals surface area (Å²) in [5.41, 5.74) is 0. The fraction of sp³-hybridized carbons (Fsp3) is 0.385. The van der Waals surface area contributed by atoms with Gasteiger partial charge in [0, 0.05) is 18.9 Å². The summed E-state index contributed by atoms with van der Waals surface area (Å²) in [6.45, 7) is 0.261. The van der Waals surface area contributed by atoms with Crippen LogP contribution in [0, 0.1) is 0 Å². The number of hydrogen-bond donors (Lipinski definition) is 1. The summed E-state index contributed by atoms with van der Waals surface area (Å²) in [5.74, 6) is 0.260. The normalized spacial score (nSPS) is 14.2. The summed E-state index contributed by atoms with van der Waals surface area (Å²) in [6.07, 6.45) is 3.95. The Morgan fingerprint density at radius 3 is 2.95 bits per heavy atom. The molecule has 0 saturated heterocycles. The molecule has 1 saturated carbocycles. The van der Waals surface area contributed by atoms with Gasteiger partial charge in [-0.3, -0.25) is 9.59 Å². The predicted octanol–water partition coefficient (Wildman–Crippen LogP) is 1.08. The third-order valence-electron chi connectivity index (χ3n) is 3.00. The molecule has 0 aromatic carbocycles. The van der Waals surface area contributed by atoms with E-state index in [1.54, 1.807) is 6.07 Å². The van der Waals surface area contributed by atoms with Crippen LogP contribution in [-0.4, -0.2) is 28.4 Å². The second-order valence-corrected chi connectivity index (χ2v) is 4.63. The van der Waals surface area contributed by atoms with Gasteiger partial charge in [0.25, 0.3) is 11.7 Å². The average Bonchev–Trinajstić information content (AvgIpc) is 2.98. The minimum Gasteiger partial charge on any atom is -0.461 e. The van der Waals surface area contributed by atoms with Gasteiger partial charge in [-0.25, -0.2) is 0 Å². The van der Waals surface area contributed by atoms with Gasteiger partial charge in [-0.1, -0.05) is 5.16 Å². The fourth-order valence-electron chi connectivity index (χ4n) is 1.76. The van der Waals surface area contributed by atoms with Crippen molar-refractivity contribution in [2.75, 3.05) is 6.54 Å². The number of carbonyl (C=O) groups is 2. The van der Waals surface area contributed by atoms with Crippen LogP contribution in [0.25, 0.3) is 0 Å². The number of carbonyl (C=O) groups excluding carboxylic acids is 2. The topological polar surface area (TPSA) is 98.2 Å². The molecular weight excluding hydrogens is 262 g/mol. The van der Waals surface area contributed by atoms with E-state index in [-0.39, 0.29) is 12.3 Å². The largest absolute Gasteiger partial charge is 0.461 e. The predicted molar refractivity (Wildman–Crippen MR) is 66.0 cm³/mol. The summed E-state index contributed by atoms with van der Waals surface area (Å²) >= 11 is 0. The molecule has 2 aromatic rings. The Bertz CT molecular complexity index is 613. The molecule has 0 atom stereocenters. The van der Waals surface area contributed by atoms with Crippen molar-refractivity contribution < 1.29 is 18.5 Å². The van der Waals surface area contributed by atoms with Crippen molar-refractivity contribution in [3.05, 3.63) is 35.9 Å². The van der Waals surface area contributed by atoms with Gasteiger partial charge in [-0.2, -0.15) is 4.98 Å². The van der Waals surface area contributed by atoms with E-state index < -0.39 is 11.7 Å². The van der Waals surface area contributed by atoms with E-state index >= 15 is 0 Å². The Morgan fingerprint density at radius 2 is 2.25 bits per heavy atom. The van der Waals surface area contributed by atoms with Gasteiger partial charge in [0.2, 0.25) is 5.89 Å². The number of aromatic nitrogens is 2. The Morgan fingerprint density at radius 1 is 1.40 bits per heavy atom. The first-order chi connectivity index (χ1) is 9.74. The number of Topliss-reactive ketones (excluding diaryl/α,β-unsaturated/α-hetero) is 1. The molecule has 1 aliphatic carbocycles. The molecule has 1 fully saturated rings. The van der Waals surface area contributed by atoms with E-state index in [0.717, 1.165) is 18.7 Å². The number of amides is 1. The van der Waals surface area contributed by atoms with Crippen molar-refractivity contribution in [2.45, 2.75) is 25.2 Å². The van der Waals surface area contributed by atoms with Crippen molar-refractivity contribution in [1.29, 1.82) is 0 Å². The SMILES string of the molecule is O=C(NCCc1nc(C2CC2)no1)C(=O)c1ccco1. The Labute approximate surface area is 114 Å². The highest BCUT2D eigenvalue weighted by Gasteiger charge is 2.28. The molecule has 0 aliphatic heterocycles. The van der Waals surface area contributed by atoms with Crippen LogP contribution in [0.4, 0.5) is 0 Å². The lowest BCUT2D eigenvalue weighted by atomic mass is 10.3. The fourth-order valence-corrected chi connectivity index (χ4v) is 1.76. The summed E-state index contributed by atoms with van der Waals surface area (Å²) in [5, 5.41) is 6.37. The third-order valence-corrected chi connectivity index (χ3v) is 3.00. The molecular formula is C13H13N3O4. The van der Waals surface area contributed by atoms with E-state index in [9.17, 15) is 9.59 Å². The van der Waals surface area contributed by atoms with Crippen LogP contribution in [0.2, 0.25) is 0 Å². The standard InChI is InChI=1S/C13H13N3O4/c17-11(9-2-1-7-19-9)13(18)14-6-5-10-15-12(16-20-10)8-3-4-8/h1-2,7-8H,3-6H2,(H,14,18). The van der Waals surface area contributed by atoms with Crippen LogP contribution in [-0.2, 0) is 11.2 Å². The monoisotopic (exact) mass is 275 g/mol. The Kier molecular flexibility index (Phi) is 3.32. The lowest BCUT2D eigenvalue weighted by Gasteiger charge is -2.00. The summed E-state index contributed by atoms with van der Waals surface area (Å²) in [4.78, 5) is 27.4. The van der Waals surface area contributed by atoms with Crippen LogP contribution in [0.15, 0.2) is 27.3 Å². The van der Waals surface area contributed by atoms with Crippen LogP contribution in [0.5, 0.6) is 0 Å². The van der Waals surface area contributed by atoms with E-state index in [1.807, 2.05) is 0 Å². The summed E-state index contributed by atoms with van der Waals surface area (Å²) < 4.78 is 9.93. The summed E-state index contributed by atoms with van der Waals surface area (Å²) in [7, 11) is 0. The number of nitrogens with zero attached hydrogens (tertiary/aromatic N) is 2. The van der Waals surface area contributed by atoms with Gasteiger partial charge in [-0.05, 0) is 25.0 Å². The van der Waals surface area contributed by atoms with E-state index in [2.05, 4.69) is 15.5 Å². The molecule has 1 amide bonds. The Balaban J connectivity index is 1.46. The van der Waals surface area contributed by atoms with Crippen LogP contribution in [0.3, 0.4) is 0 Å². The summed E-state index contributed by atoms with van der Waals surface area (Å²) in [6, 6.07) is 3.00. The van der Waals surface area contributed by atoms with Gasteiger partial charge in [0.1, 0.15) is 0 Å². The lowest BCUT2D eigenvalue weighted by molar-refractivity contribution is -0.117. The second-order valence-electron chi connectivity index (χ2n) is 4.63. The van der Waals surface area contributed by atoms with Crippen molar-refractivity contribution in [1.82, 2.24) is 15.5 Å². The highest BCUT2D eigenvalue weighted by atomic mass is 16.5. The number of hydrogen-bond acceptors (Lipinski definition) is 6. The highest BCUT2D eigenvalue weighted by Crippen LogP contribution is 2.38. The van der Waals surface area contributed by atoms with Crippen LogP contribution >= 0.6 is 0 Å². The first-order valence-electron chi connectivity index (χ1n) is 6.42. The smallest absolute Gasteiger partial charge is 0.295 e. The minimum absolute atomic E-state index is 0.0244. The number of ketones is 1. The van der Waals surface area contributed by atoms with Gasteiger partial charge in [0.15, 0.2) is 11.6 Å². The molecule has 0 radical (unpaired) electrons. The van der Waals surface area contributed by atoms with Gasteiger partial charge in [0.05, 0.1) is 6.26 Å². The van der Waals surface area contributed by atoms with Crippen LogP contribution < -0.4 is 5.32 Å². The van der Waals surface area contributed by atoms with E-state index in [0.29, 0.717) is 18.2 Å². The van der Waals surface area contributed by atoms with Crippen molar-refractivity contribution in [2.24, 2.45) is 0 Å². The zero-order valence-electron chi connectivity index (χ0n) is 10.7. The number of furan rings is 1. The van der Waals surface area contributed by atoms with Crippen molar-refractivity contribution in [3.8, 4) is 0 Å². The van der Waals surface area contributed by atoms with E-state index in [1.165, 1.54) is 12.3 Å². The molecule has 20 heavy (non-hydrogen) atoms. The maximum absolute atomic E-state index is 11.6. The lowest BCUT2D eigenvalue weighted by Crippen LogP contribution is -2.32. The molecule has 0 spiro atoms. The van der Waals surface area contributed by atoms with Gasteiger partial charge >= 0.3 is 0 Å². The maximum atomic E-state index is 11.6. The van der Waals surface area contributed by atoms with Crippen LogP contribution in [0.1, 0.15) is 41.0 Å². The first kappa shape index (κ1) is 12.6. The molecule has 0 unspecified atom stereocenters. The van der Waals surface area contributed by atoms with Gasteiger partial charge < -0.3 is 14.3 Å². The molecule has 7 nitrogen and oxygen atoms in total. The Hall–Kier alpha value is -2.44. The number of nitrogens with one attached hydrogen (secondary N) is 1. The maximum Gasteiger partial charge on any atom is 0.295 e. The molecule has 0 bridgehead atoms. The molecule has 3 rings (SSSR count). The van der Waals surface area contributed by atoms with Crippen molar-refractivity contribution >= 4 is 11.7 Å². The molecule has 104 valence electrons. The minimum atomic E-state index is -0.707. The molecule has 7 heteroatoms. The zero-order valence-corrected chi connectivity index (χ0v) is 10.7. The average molecular weight is 275 g/mol. The molecule has 1 aliphatic rings. The third kappa shape index (κ3) is 2.76. The number of rotatable bonds is 6. The first-order valence-corrected chi connectivity index (χ1v) is 6.42. The molecule has 1 N–H and O–H groups in total. The molecule has 2 aromatic heterocycles. The second kappa shape index (κ2) is 5.28. The van der Waals surface area contributed by atoms with Crippen molar-refractivity contribution in [3.63, 3.8) is 0 Å². The van der Waals surface area contributed by atoms with Gasteiger partial charge in [-0.15, -0.1) is 0 Å². The quantitative estimate of drug-likeness (QED) is 0.625. The van der Waals surface area contributed by atoms with E-state index in [4.69, 9.17) is 8.94 Å². The zero-order chi connectivity index (χ0) is 13.9. The molecule has 2 heterocycles.